The van der Waals surface area contributed by atoms with Crippen molar-refractivity contribution in [2.24, 2.45) is 5.92 Å². The number of amides is 1. The van der Waals surface area contributed by atoms with Crippen LogP contribution in [0, 0.1) is 17.4 Å². The van der Waals surface area contributed by atoms with Gasteiger partial charge in [0.1, 0.15) is 0 Å². The summed E-state index contributed by atoms with van der Waals surface area (Å²) in [7, 11) is 0. The molecule has 0 radical (unpaired) electrons. The summed E-state index contributed by atoms with van der Waals surface area (Å²) in [5, 5.41) is 8.84. The Kier molecular flexibility index (Phi) is 4.85. The molecule has 1 amide bonds. The van der Waals surface area contributed by atoms with Gasteiger partial charge in [0.15, 0.2) is 6.19 Å². The van der Waals surface area contributed by atoms with Gasteiger partial charge < -0.3 is 4.74 Å². The van der Waals surface area contributed by atoms with Gasteiger partial charge in [0.2, 0.25) is 5.91 Å². The molecule has 0 aromatic carbocycles. The zero-order chi connectivity index (χ0) is 11.1. The van der Waals surface area contributed by atoms with Gasteiger partial charge in [0, 0.05) is 25.7 Å². The van der Waals surface area contributed by atoms with E-state index in [1.807, 2.05) is 6.19 Å². The van der Waals surface area contributed by atoms with E-state index in [0.29, 0.717) is 26.2 Å². The first kappa shape index (κ1) is 11.7. The summed E-state index contributed by atoms with van der Waals surface area (Å²) in [5.74, 6) is -0.106. The molecule has 0 atom stereocenters. The molecule has 0 aromatic heterocycles. The molecule has 15 heavy (non-hydrogen) atoms. The van der Waals surface area contributed by atoms with Gasteiger partial charge in [-0.25, -0.2) is 4.90 Å². The molecule has 4 heteroatoms. The van der Waals surface area contributed by atoms with Gasteiger partial charge in [-0.15, -0.1) is 6.58 Å². The molecular formula is C11H16N2O2. The molecule has 0 N–H and O–H groups in total. The van der Waals surface area contributed by atoms with Crippen molar-refractivity contribution >= 4 is 5.91 Å². The average molecular weight is 208 g/mol. The molecule has 1 rings (SSSR count). The van der Waals surface area contributed by atoms with Crippen LogP contribution in [-0.4, -0.2) is 30.6 Å². The molecule has 1 saturated heterocycles. The predicted octanol–water partition coefficient (Wildman–Crippen LogP) is 1.30. The molecule has 0 bridgehead atoms. The number of nitriles is 1. The van der Waals surface area contributed by atoms with Crippen LogP contribution in [0.15, 0.2) is 12.7 Å². The minimum absolute atomic E-state index is 0.0387. The van der Waals surface area contributed by atoms with E-state index in [2.05, 4.69) is 6.58 Å². The van der Waals surface area contributed by atoms with E-state index < -0.39 is 0 Å². The van der Waals surface area contributed by atoms with Crippen LogP contribution in [-0.2, 0) is 9.53 Å². The van der Waals surface area contributed by atoms with Crippen molar-refractivity contribution in [2.75, 3.05) is 19.8 Å². The summed E-state index contributed by atoms with van der Waals surface area (Å²) in [6.45, 7) is 5.26. The first-order valence-electron chi connectivity index (χ1n) is 5.19. The maximum absolute atomic E-state index is 11.8. The van der Waals surface area contributed by atoms with E-state index in [4.69, 9.17) is 10.00 Å². The maximum atomic E-state index is 11.8. The lowest BCUT2D eigenvalue weighted by Crippen LogP contribution is -2.36. The minimum atomic E-state index is -0.0670. The highest BCUT2D eigenvalue weighted by atomic mass is 16.5. The molecule has 4 nitrogen and oxygen atoms in total. The first-order valence-corrected chi connectivity index (χ1v) is 5.19. The highest BCUT2D eigenvalue weighted by Crippen LogP contribution is 2.17. The molecule has 1 aliphatic heterocycles. The van der Waals surface area contributed by atoms with Crippen molar-refractivity contribution in [3.05, 3.63) is 12.7 Å². The number of hydrogen-bond acceptors (Lipinski definition) is 3. The summed E-state index contributed by atoms with van der Waals surface area (Å²) >= 11 is 0. The van der Waals surface area contributed by atoms with Crippen LogP contribution in [0.1, 0.15) is 19.3 Å². The predicted molar refractivity (Wildman–Crippen MR) is 55.7 cm³/mol. The zero-order valence-electron chi connectivity index (χ0n) is 8.82. The maximum Gasteiger partial charge on any atom is 0.238 e. The normalized spacial score (nSPS) is 16.7. The third kappa shape index (κ3) is 3.37. The lowest BCUT2D eigenvalue weighted by Gasteiger charge is -2.24. The highest BCUT2D eigenvalue weighted by molar-refractivity contribution is 5.80. The van der Waals surface area contributed by atoms with Crippen LogP contribution in [0.4, 0.5) is 0 Å². The summed E-state index contributed by atoms with van der Waals surface area (Å²) in [6, 6.07) is 0. The Hall–Kier alpha value is -1.34. The second-order valence-electron chi connectivity index (χ2n) is 3.55. The molecule has 1 fully saturated rings. The second-order valence-corrected chi connectivity index (χ2v) is 3.55. The molecule has 0 unspecified atom stereocenters. The number of carbonyl (C=O) groups is 1. The third-order valence-electron chi connectivity index (χ3n) is 2.51. The monoisotopic (exact) mass is 208 g/mol. The fourth-order valence-electron chi connectivity index (χ4n) is 1.59. The van der Waals surface area contributed by atoms with E-state index in [-0.39, 0.29) is 11.8 Å². The quantitative estimate of drug-likeness (QED) is 0.397. The van der Waals surface area contributed by atoms with Gasteiger partial charge >= 0.3 is 0 Å². The summed E-state index contributed by atoms with van der Waals surface area (Å²) in [6.07, 6.45) is 5.75. The van der Waals surface area contributed by atoms with E-state index in [1.165, 1.54) is 4.90 Å². The van der Waals surface area contributed by atoms with E-state index in [9.17, 15) is 4.79 Å². The molecular weight excluding hydrogens is 192 g/mol. The number of nitrogens with zero attached hydrogens (tertiary/aromatic N) is 2. The fourth-order valence-corrected chi connectivity index (χ4v) is 1.59. The lowest BCUT2D eigenvalue weighted by molar-refractivity contribution is -0.135. The van der Waals surface area contributed by atoms with Crippen molar-refractivity contribution in [3.63, 3.8) is 0 Å². The van der Waals surface area contributed by atoms with E-state index >= 15 is 0 Å². The molecule has 0 saturated carbocycles. The van der Waals surface area contributed by atoms with E-state index in [1.54, 1.807) is 6.08 Å². The minimum Gasteiger partial charge on any atom is -0.381 e. The number of carbonyl (C=O) groups excluding carboxylic acids is 1. The summed E-state index contributed by atoms with van der Waals surface area (Å²) in [4.78, 5) is 13.1. The topological polar surface area (TPSA) is 53.3 Å². The van der Waals surface area contributed by atoms with Crippen molar-refractivity contribution < 1.29 is 9.53 Å². The van der Waals surface area contributed by atoms with Crippen molar-refractivity contribution in [1.82, 2.24) is 4.90 Å². The average Bonchev–Trinajstić information content (AvgIpc) is 2.31. The summed E-state index contributed by atoms with van der Waals surface area (Å²) < 4.78 is 5.17. The number of ether oxygens (including phenoxy) is 1. The van der Waals surface area contributed by atoms with Gasteiger partial charge in [-0.3, -0.25) is 4.79 Å². The van der Waals surface area contributed by atoms with Gasteiger partial charge in [0.25, 0.3) is 0 Å². The molecule has 0 spiro atoms. The van der Waals surface area contributed by atoms with Gasteiger partial charge in [-0.2, -0.15) is 5.26 Å². The van der Waals surface area contributed by atoms with Crippen LogP contribution in [0.25, 0.3) is 0 Å². The van der Waals surface area contributed by atoms with Crippen LogP contribution in [0.3, 0.4) is 0 Å². The highest BCUT2D eigenvalue weighted by Gasteiger charge is 2.25. The van der Waals surface area contributed by atoms with Crippen LogP contribution in [0.2, 0.25) is 0 Å². The van der Waals surface area contributed by atoms with Crippen molar-refractivity contribution in [3.8, 4) is 6.19 Å². The summed E-state index contributed by atoms with van der Waals surface area (Å²) in [5.41, 5.74) is 0. The largest absolute Gasteiger partial charge is 0.381 e. The third-order valence-corrected chi connectivity index (χ3v) is 2.51. The SMILES string of the molecule is C=CCCN(C#N)C(=O)C1CCOCC1. The van der Waals surface area contributed by atoms with Crippen LogP contribution < -0.4 is 0 Å². The Morgan fingerprint density at radius 3 is 2.80 bits per heavy atom. The van der Waals surface area contributed by atoms with Crippen LogP contribution in [0.5, 0.6) is 0 Å². The Labute approximate surface area is 90.1 Å². The van der Waals surface area contributed by atoms with Gasteiger partial charge in [-0.1, -0.05) is 6.08 Å². The Balaban J connectivity index is 2.48. The number of rotatable bonds is 4. The second kappa shape index (κ2) is 6.20. The van der Waals surface area contributed by atoms with Gasteiger partial charge in [-0.05, 0) is 19.3 Å². The van der Waals surface area contributed by atoms with E-state index in [0.717, 1.165) is 12.8 Å². The molecule has 82 valence electrons. The molecule has 0 aromatic rings. The van der Waals surface area contributed by atoms with Crippen LogP contribution >= 0.6 is 0 Å². The standard InChI is InChI=1S/C11H16N2O2/c1-2-3-6-13(9-12)11(14)10-4-7-15-8-5-10/h2,10H,1,3-8H2. The Morgan fingerprint density at radius 2 is 2.27 bits per heavy atom. The van der Waals surface area contributed by atoms with Crippen molar-refractivity contribution in [1.29, 1.82) is 5.26 Å². The molecule has 1 heterocycles. The van der Waals surface area contributed by atoms with Crippen molar-refractivity contribution in [2.45, 2.75) is 19.3 Å². The Bertz CT molecular complexity index is 264. The first-order chi connectivity index (χ1) is 7.29. The molecule has 0 aliphatic carbocycles. The Morgan fingerprint density at radius 1 is 1.60 bits per heavy atom. The zero-order valence-corrected chi connectivity index (χ0v) is 8.82. The van der Waals surface area contributed by atoms with Gasteiger partial charge in [0.05, 0.1) is 0 Å². The smallest absolute Gasteiger partial charge is 0.238 e. The lowest BCUT2D eigenvalue weighted by atomic mass is 9.99. The number of hydrogen-bond donors (Lipinski definition) is 0. The fraction of sp³-hybridized carbons (Fsp3) is 0.636. The molecule has 1 aliphatic rings.